The van der Waals surface area contributed by atoms with Crippen LogP contribution in [-0.2, 0) is 19.9 Å². The number of amidine groups is 1. The van der Waals surface area contributed by atoms with Gasteiger partial charge in [-0.15, -0.1) is 0 Å². The van der Waals surface area contributed by atoms with Crippen molar-refractivity contribution >= 4 is 28.5 Å². The van der Waals surface area contributed by atoms with Crippen molar-refractivity contribution in [3.63, 3.8) is 0 Å². The molecule has 40 heavy (non-hydrogen) atoms. The van der Waals surface area contributed by atoms with Crippen molar-refractivity contribution in [1.82, 2.24) is 14.9 Å². The smallest absolute Gasteiger partial charge is 0.335 e. The summed E-state index contributed by atoms with van der Waals surface area (Å²) >= 11 is 0. The van der Waals surface area contributed by atoms with E-state index in [1.165, 1.54) is 5.69 Å². The van der Waals surface area contributed by atoms with Crippen LogP contribution in [0.4, 0.5) is 5.69 Å². The number of nitrogens with two attached hydrogens (primary N) is 1. The van der Waals surface area contributed by atoms with Crippen LogP contribution in [-0.4, -0.2) is 64.5 Å². The molecule has 1 fully saturated rings. The van der Waals surface area contributed by atoms with Gasteiger partial charge in [-0.05, 0) is 49.2 Å². The van der Waals surface area contributed by atoms with Gasteiger partial charge in [-0.2, -0.15) is 0 Å². The van der Waals surface area contributed by atoms with E-state index in [2.05, 4.69) is 38.6 Å². The lowest BCUT2D eigenvalue weighted by molar-refractivity contribution is 0.0697. The maximum Gasteiger partial charge on any atom is 0.335 e. The summed E-state index contributed by atoms with van der Waals surface area (Å²) in [6.07, 6.45) is 1.50. The molecular weight excluding hydrogens is 508 g/mol. The number of rotatable bonds is 8. The molecule has 4 aromatic rings. The van der Waals surface area contributed by atoms with Crippen molar-refractivity contribution in [2.24, 2.45) is 17.9 Å². The number of aromatic carboxylic acids is 1. The first-order chi connectivity index (χ1) is 19.4. The highest BCUT2D eigenvalue weighted by atomic mass is 16.5. The molecule has 0 atom stereocenters. The van der Waals surface area contributed by atoms with Gasteiger partial charge in [0.1, 0.15) is 11.6 Å². The van der Waals surface area contributed by atoms with Crippen LogP contribution < -0.4 is 20.7 Å². The molecule has 0 bridgehead atoms. The summed E-state index contributed by atoms with van der Waals surface area (Å²) in [6, 6.07) is 20.8. The van der Waals surface area contributed by atoms with E-state index in [4.69, 9.17) is 20.8 Å². The third kappa shape index (κ3) is 7.09. The quantitative estimate of drug-likeness (QED) is 0.114. The highest BCUT2D eigenvalue weighted by Gasteiger charge is 2.12. The lowest BCUT2D eigenvalue weighted by atomic mass is 10.1. The maximum absolute atomic E-state index is 11.1. The van der Waals surface area contributed by atoms with E-state index in [0.717, 1.165) is 68.3 Å². The third-order valence-electron chi connectivity index (χ3n) is 6.83. The van der Waals surface area contributed by atoms with Crippen LogP contribution in [0.5, 0.6) is 5.75 Å². The average Bonchev–Trinajstić information content (AvgIpc) is 3.31. The Morgan fingerprint density at radius 3 is 2.45 bits per heavy atom. The second-order valence-corrected chi connectivity index (χ2v) is 9.45. The van der Waals surface area contributed by atoms with Crippen LogP contribution in [0.2, 0.25) is 0 Å². The first-order valence-corrected chi connectivity index (χ1v) is 13.3. The fourth-order valence-corrected chi connectivity index (χ4v) is 4.62. The zero-order valence-electron chi connectivity index (χ0n) is 22.9. The van der Waals surface area contributed by atoms with E-state index >= 15 is 0 Å². The number of nitrogens with one attached hydrogen (secondary N) is 1. The summed E-state index contributed by atoms with van der Waals surface area (Å²) in [5.74, 6) is 0.975. The van der Waals surface area contributed by atoms with E-state index < -0.39 is 5.97 Å². The molecule has 0 aliphatic carbocycles. The minimum atomic E-state index is -0.958. The van der Waals surface area contributed by atoms with Gasteiger partial charge in [0.05, 0.1) is 23.2 Å². The number of aromatic nitrogens is 2. The number of carboxylic acid groups (broad SMARTS) is 1. The number of benzene rings is 3. The van der Waals surface area contributed by atoms with Crippen LogP contribution >= 0.6 is 0 Å². The van der Waals surface area contributed by atoms with Gasteiger partial charge in [-0.1, -0.05) is 35.5 Å². The molecule has 210 valence electrons. The van der Waals surface area contributed by atoms with Crippen LogP contribution in [0, 0.1) is 0 Å². The summed E-state index contributed by atoms with van der Waals surface area (Å²) in [5, 5.41) is 24.1. The first kappa shape index (κ1) is 28.4. The number of piperazine rings is 1. The number of hydrogen-bond donors (Lipinski definition) is 4. The second-order valence-electron chi connectivity index (χ2n) is 9.45. The highest BCUT2D eigenvalue weighted by Crippen LogP contribution is 2.21. The Morgan fingerprint density at radius 2 is 1.77 bits per heavy atom. The fourth-order valence-electron chi connectivity index (χ4n) is 4.62. The molecule has 1 saturated heterocycles. The highest BCUT2D eigenvalue weighted by molar-refractivity contribution is 5.97. The van der Waals surface area contributed by atoms with Gasteiger partial charge >= 0.3 is 5.97 Å². The molecule has 0 unspecified atom stereocenters. The predicted molar refractivity (Wildman–Crippen MR) is 157 cm³/mol. The number of nitrogens with zero attached hydrogens (tertiary/aromatic N) is 4. The summed E-state index contributed by atoms with van der Waals surface area (Å²) < 4.78 is 7.47. The number of fused-ring (bicyclic) bond motifs is 1. The van der Waals surface area contributed by atoms with E-state index in [0.29, 0.717) is 11.1 Å². The van der Waals surface area contributed by atoms with Gasteiger partial charge in [0.2, 0.25) is 0 Å². The molecule has 5 N–H and O–H groups in total. The molecule has 3 aromatic carbocycles. The van der Waals surface area contributed by atoms with Crippen LogP contribution in [0.15, 0.2) is 71.9 Å². The van der Waals surface area contributed by atoms with E-state index in [-0.39, 0.29) is 11.4 Å². The molecule has 1 aromatic heterocycles. The largest absolute Gasteiger partial charge is 0.494 e. The zero-order chi connectivity index (χ0) is 28.5. The number of anilines is 1. The van der Waals surface area contributed by atoms with Crippen LogP contribution in [0.3, 0.4) is 0 Å². The number of oxime groups is 1. The lowest BCUT2D eigenvalue weighted by Gasteiger charge is -2.29. The van der Waals surface area contributed by atoms with Gasteiger partial charge < -0.3 is 35.6 Å². The number of hydrogen-bond acceptors (Lipinski definition) is 7. The van der Waals surface area contributed by atoms with Crippen molar-refractivity contribution in [1.29, 1.82) is 0 Å². The van der Waals surface area contributed by atoms with Gasteiger partial charge in [0.25, 0.3) is 0 Å². The van der Waals surface area contributed by atoms with Gasteiger partial charge in [-0.25, -0.2) is 9.78 Å². The normalized spacial score (nSPS) is 13.6. The maximum atomic E-state index is 11.1. The molecule has 0 saturated carbocycles. The zero-order valence-corrected chi connectivity index (χ0v) is 22.9. The molecule has 2 heterocycles. The second kappa shape index (κ2) is 13.5. The van der Waals surface area contributed by atoms with Gasteiger partial charge in [-0.3, -0.25) is 0 Å². The van der Waals surface area contributed by atoms with Crippen LogP contribution in [0.25, 0.3) is 11.0 Å². The van der Waals surface area contributed by atoms with E-state index in [9.17, 15) is 4.79 Å². The summed E-state index contributed by atoms with van der Waals surface area (Å²) in [7, 11) is 1.92. The monoisotopic (exact) mass is 544 g/mol. The molecule has 10 nitrogen and oxygen atoms in total. The van der Waals surface area contributed by atoms with Crippen LogP contribution in [0.1, 0.15) is 34.2 Å². The Hall–Kier alpha value is -4.57. The molecular formula is C30H36N6O4. The Labute approximate surface area is 233 Å². The van der Waals surface area contributed by atoms with Crippen molar-refractivity contribution in [3.05, 3.63) is 89.2 Å². The summed E-state index contributed by atoms with van der Waals surface area (Å²) in [5.41, 5.74) is 10.4. The molecule has 10 heteroatoms. The van der Waals surface area contributed by atoms with Crippen molar-refractivity contribution in [2.75, 3.05) is 37.7 Å². The number of carboxylic acids is 1. The standard InChI is InChI=1S/C18H18N4O3.C12H18N2O/c1-22-15-8-7-13(18(23)24)10-14(15)20-16(22)9-4-11-2-5-12(6-3-11)17(19)21-25;1-2-15-12-5-3-4-11(10-12)14-8-6-13-7-9-14/h2-3,5-8,10,25H,4,9H2,1H3,(H2,19,21)(H,23,24);3-5,10,13H,2,6-9H2,1H3. The molecule has 0 amide bonds. The van der Waals surface area contributed by atoms with Gasteiger partial charge in [0, 0.05) is 57.0 Å². The fraction of sp³-hybridized carbons (Fsp3) is 0.300. The van der Waals surface area contributed by atoms with Crippen molar-refractivity contribution in [3.8, 4) is 5.75 Å². The lowest BCUT2D eigenvalue weighted by Crippen LogP contribution is -2.43. The number of imidazole rings is 1. The Kier molecular flexibility index (Phi) is 9.58. The molecule has 0 spiro atoms. The number of aryl methyl sites for hydroxylation is 3. The Balaban J connectivity index is 0.000000210. The minimum absolute atomic E-state index is 0.0798. The SMILES string of the molecule is CCOc1cccc(N2CCNCC2)c1.Cn1c(CCc2ccc(C(N)=NO)cc2)nc2cc(C(=O)O)ccc21. The van der Waals surface area contributed by atoms with Gasteiger partial charge in [0.15, 0.2) is 5.84 Å². The van der Waals surface area contributed by atoms with Crippen molar-refractivity contribution in [2.45, 2.75) is 19.8 Å². The Bertz CT molecular complexity index is 1460. The van der Waals surface area contributed by atoms with E-state index in [1.807, 2.05) is 36.7 Å². The Morgan fingerprint density at radius 1 is 1.05 bits per heavy atom. The topological polar surface area (TPSA) is 138 Å². The average molecular weight is 545 g/mol. The van der Waals surface area contributed by atoms with E-state index in [1.54, 1.807) is 30.3 Å². The summed E-state index contributed by atoms with van der Waals surface area (Å²) in [6.45, 7) is 7.03. The summed E-state index contributed by atoms with van der Waals surface area (Å²) in [4.78, 5) is 18.0. The van der Waals surface area contributed by atoms with Crippen molar-refractivity contribution < 1.29 is 19.8 Å². The molecule has 1 aliphatic heterocycles. The minimum Gasteiger partial charge on any atom is -0.494 e. The molecule has 0 radical (unpaired) electrons. The molecule has 5 rings (SSSR count). The predicted octanol–water partition coefficient (Wildman–Crippen LogP) is 3.65. The third-order valence-corrected chi connectivity index (χ3v) is 6.83. The number of carbonyl (C=O) groups is 1. The first-order valence-electron chi connectivity index (χ1n) is 13.3. The number of ether oxygens (including phenoxy) is 1. The molecule has 1 aliphatic rings.